The minimum Gasteiger partial charge on any atom is -0.397 e. The van der Waals surface area contributed by atoms with Crippen molar-refractivity contribution < 1.29 is 4.79 Å². The summed E-state index contributed by atoms with van der Waals surface area (Å²) in [5, 5.41) is 4.81. The summed E-state index contributed by atoms with van der Waals surface area (Å²) in [5.41, 5.74) is 6.50. The van der Waals surface area contributed by atoms with Crippen molar-refractivity contribution in [3.05, 3.63) is 16.3 Å². The second kappa shape index (κ2) is 2.98. The Morgan fingerprint density at radius 2 is 2.36 bits per heavy atom. The fourth-order valence-corrected chi connectivity index (χ4v) is 2.16. The number of nitrogen functional groups attached to an aromatic ring is 1. The van der Waals surface area contributed by atoms with Crippen LogP contribution < -0.4 is 11.1 Å². The van der Waals surface area contributed by atoms with Gasteiger partial charge in [-0.25, -0.2) is 0 Å². The van der Waals surface area contributed by atoms with Gasteiger partial charge < -0.3 is 11.1 Å². The Kier molecular flexibility index (Phi) is 2.03. The van der Waals surface area contributed by atoms with Crippen LogP contribution in [-0.2, 0) is 0 Å². The topological polar surface area (TPSA) is 55.1 Å². The quantitative estimate of drug-likeness (QED) is 0.782. The average Bonchev–Trinajstić information content (AvgIpc) is 2.53. The summed E-state index contributed by atoms with van der Waals surface area (Å²) in [4.78, 5) is 12.3. The first-order chi connectivity index (χ1) is 6.50. The Balaban J connectivity index is 2.01. The van der Waals surface area contributed by atoms with Crippen molar-refractivity contribution in [1.29, 1.82) is 0 Å². The van der Waals surface area contributed by atoms with Crippen molar-refractivity contribution in [2.24, 2.45) is 5.41 Å². The van der Waals surface area contributed by atoms with Crippen molar-refractivity contribution in [3.63, 3.8) is 0 Å². The molecule has 76 valence electrons. The van der Waals surface area contributed by atoms with E-state index in [9.17, 15) is 4.79 Å². The number of nitrogens with two attached hydrogens (primary N) is 1. The van der Waals surface area contributed by atoms with Crippen LogP contribution in [-0.4, -0.2) is 11.9 Å². The lowest BCUT2D eigenvalue weighted by atomic mass is 10.2. The average molecular weight is 210 g/mol. The van der Waals surface area contributed by atoms with Crippen LogP contribution in [0.25, 0.3) is 0 Å². The molecule has 0 bridgehead atoms. The Labute approximate surface area is 87.3 Å². The van der Waals surface area contributed by atoms with Gasteiger partial charge in [-0.05, 0) is 23.3 Å². The molecule has 1 aliphatic carbocycles. The molecule has 3 nitrogen and oxygen atoms in total. The smallest absolute Gasteiger partial charge is 0.263 e. The third-order valence-electron chi connectivity index (χ3n) is 2.72. The van der Waals surface area contributed by atoms with Gasteiger partial charge in [-0.1, -0.05) is 13.8 Å². The Morgan fingerprint density at radius 3 is 2.79 bits per heavy atom. The lowest BCUT2D eigenvalue weighted by Gasteiger charge is -2.05. The molecule has 1 aliphatic rings. The molecule has 1 unspecified atom stereocenters. The number of rotatable bonds is 2. The van der Waals surface area contributed by atoms with Gasteiger partial charge >= 0.3 is 0 Å². The van der Waals surface area contributed by atoms with Crippen molar-refractivity contribution in [3.8, 4) is 0 Å². The highest BCUT2D eigenvalue weighted by Gasteiger charge is 2.46. The van der Waals surface area contributed by atoms with Crippen LogP contribution in [0.1, 0.15) is 29.9 Å². The van der Waals surface area contributed by atoms with E-state index in [4.69, 9.17) is 5.73 Å². The highest BCUT2D eigenvalue weighted by molar-refractivity contribution is 7.12. The molecule has 1 atom stereocenters. The summed E-state index contributed by atoms with van der Waals surface area (Å²) in [7, 11) is 0. The highest BCUT2D eigenvalue weighted by Crippen LogP contribution is 2.44. The second-order valence-corrected chi connectivity index (χ2v) is 5.34. The maximum Gasteiger partial charge on any atom is 0.263 e. The third kappa shape index (κ3) is 1.62. The Bertz CT molecular complexity index is 370. The number of amides is 1. The molecular formula is C10H14N2OS. The molecule has 0 radical (unpaired) electrons. The summed E-state index contributed by atoms with van der Waals surface area (Å²) in [6.07, 6.45) is 1.06. The maximum atomic E-state index is 11.7. The minimum absolute atomic E-state index is 0.0342. The number of hydrogen-bond donors (Lipinski definition) is 2. The molecule has 0 aliphatic heterocycles. The largest absolute Gasteiger partial charge is 0.397 e. The van der Waals surface area contributed by atoms with Crippen LogP contribution in [0.2, 0.25) is 0 Å². The molecule has 1 aromatic heterocycles. The minimum atomic E-state index is -0.0342. The van der Waals surface area contributed by atoms with E-state index in [1.54, 1.807) is 6.07 Å². The second-order valence-electron chi connectivity index (χ2n) is 4.42. The predicted octanol–water partition coefficient (Wildman–Crippen LogP) is 1.86. The van der Waals surface area contributed by atoms with E-state index < -0.39 is 0 Å². The van der Waals surface area contributed by atoms with Gasteiger partial charge in [0.2, 0.25) is 0 Å². The van der Waals surface area contributed by atoms with Gasteiger partial charge in [0.25, 0.3) is 5.91 Å². The van der Waals surface area contributed by atoms with Gasteiger partial charge in [-0.3, -0.25) is 4.79 Å². The van der Waals surface area contributed by atoms with E-state index in [1.165, 1.54) is 11.3 Å². The number of carbonyl (C=O) groups is 1. The number of carbonyl (C=O) groups excluding carboxylic acids is 1. The van der Waals surface area contributed by atoms with E-state index in [-0.39, 0.29) is 11.3 Å². The Hall–Kier alpha value is -1.03. The van der Waals surface area contributed by atoms with Gasteiger partial charge in [0.1, 0.15) is 4.88 Å². The number of anilines is 1. The summed E-state index contributed by atoms with van der Waals surface area (Å²) < 4.78 is 0. The zero-order chi connectivity index (χ0) is 10.3. The monoisotopic (exact) mass is 210 g/mol. The zero-order valence-electron chi connectivity index (χ0n) is 8.33. The van der Waals surface area contributed by atoms with E-state index in [2.05, 4.69) is 19.2 Å². The first-order valence-corrected chi connectivity index (χ1v) is 5.52. The van der Waals surface area contributed by atoms with Crippen LogP contribution in [0.15, 0.2) is 11.4 Å². The van der Waals surface area contributed by atoms with Gasteiger partial charge in [0.15, 0.2) is 0 Å². The molecule has 0 saturated heterocycles. The van der Waals surface area contributed by atoms with Crippen LogP contribution in [0.3, 0.4) is 0 Å². The highest BCUT2D eigenvalue weighted by atomic mass is 32.1. The molecule has 0 aromatic carbocycles. The van der Waals surface area contributed by atoms with E-state index in [1.807, 2.05) is 5.38 Å². The molecule has 1 fully saturated rings. The van der Waals surface area contributed by atoms with Gasteiger partial charge in [0, 0.05) is 6.04 Å². The molecular weight excluding hydrogens is 196 g/mol. The van der Waals surface area contributed by atoms with Crippen LogP contribution in [0.5, 0.6) is 0 Å². The third-order valence-corrected chi connectivity index (χ3v) is 3.65. The van der Waals surface area contributed by atoms with Crippen LogP contribution in [0.4, 0.5) is 5.69 Å². The van der Waals surface area contributed by atoms with Crippen molar-refractivity contribution in [2.45, 2.75) is 26.3 Å². The van der Waals surface area contributed by atoms with Crippen LogP contribution in [0, 0.1) is 5.41 Å². The number of nitrogens with one attached hydrogen (secondary N) is 1. The normalized spacial score (nSPS) is 23.1. The first-order valence-electron chi connectivity index (χ1n) is 4.64. The summed E-state index contributed by atoms with van der Waals surface area (Å²) >= 11 is 1.39. The lowest BCUT2D eigenvalue weighted by Crippen LogP contribution is -2.28. The fraction of sp³-hybridized carbons (Fsp3) is 0.500. The molecule has 14 heavy (non-hydrogen) atoms. The zero-order valence-corrected chi connectivity index (χ0v) is 9.15. The Morgan fingerprint density at radius 1 is 1.71 bits per heavy atom. The maximum absolute atomic E-state index is 11.7. The van der Waals surface area contributed by atoms with Crippen molar-refractivity contribution >= 4 is 22.9 Å². The molecule has 1 heterocycles. The first kappa shape index (κ1) is 9.52. The molecule has 4 heteroatoms. The molecule has 0 spiro atoms. The van der Waals surface area contributed by atoms with E-state index in [0.717, 1.165) is 6.42 Å². The standard InChI is InChI=1S/C10H14N2OS/c1-10(2)5-7(10)12-9(13)8-6(11)3-4-14-8/h3-4,7H,5,11H2,1-2H3,(H,12,13). The molecule has 1 amide bonds. The van der Waals surface area contributed by atoms with E-state index >= 15 is 0 Å². The SMILES string of the molecule is CC1(C)CC1NC(=O)c1sccc1N. The van der Waals surface area contributed by atoms with Crippen LogP contribution >= 0.6 is 11.3 Å². The molecule has 1 saturated carbocycles. The number of thiophene rings is 1. The summed E-state index contributed by atoms with van der Waals surface area (Å²) in [6, 6.07) is 2.08. The van der Waals surface area contributed by atoms with Crippen molar-refractivity contribution in [2.75, 3.05) is 5.73 Å². The van der Waals surface area contributed by atoms with Gasteiger partial charge in [-0.15, -0.1) is 11.3 Å². The van der Waals surface area contributed by atoms with Gasteiger partial charge in [0.05, 0.1) is 5.69 Å². The number of hydrogen-bond acceptors (Lipinski definition) is 3. The molecule has 3 N–H and O–H groups in total. The fourth-order valence-electron chi connectivity index (χ4n) is 1.44. The molecule has 2 rings (SSSR count). The van der Waals surface area contributed by atoms with E-state index in [0.29, 0.717) is 16.6 Å². The summed E-state index contributed by atoms with van der Waals surface area (Å²) in [5.74, 6) is -0.0342. The van der Waals surface area contributed by atoms with Crippen molar-refractivity contribution in [1.82, 2.24) is 5.32 Å². The molecule has 1 aromatic rings. The summed E-state index contributed by atoms with van der Waals surface area (Å²) in [6.45, 7) is 4.30. The lowest BCUT2D eigenvalue weighted by molar-refractivity contribution is 0.0951. The van der Waals surface area contributed by atoms with Gasteiger partial charge in [-0.2, -0.15) is 0 Å². The predicted molar refractivity (Wildman–Crippen MR) is 58.4 cm³/mol.